The maximum absolute atomic E-state index is 10.3. The molecular formula is C57H96N12O32. The van der Waals surface area contributed by atoms with Crippen molar-refractivity contribution in [2.24, 2.45) is 5.41 Å². The molecule has 4 aliphatic heterocycles. The Balaban J connectivity index is 0.821. The summed E-state index contributed by atoms with van der Waals surface area (Å²) in [5.41, 5.74) is 0.458. The van der Waals surface area contributed by atoms with Crippen LogP contribution in [0.4, 0.5) is 0 Å². The van der Waals surface area contributed by atoms with Crippen molar-refractivity contribution in [1.82, 2.24) is 60.0 Å². The summed E-state index contributed by atoms with van der Waals surface area (Å²) >= 11 is 0. The number of rotatable bonds is 48. The van der Waals surface area contributed by atoms with Gasteiger partial charge in [0.25, 0.3) is 0 Å². The van der Waals surface area contributed by atoms with Gasteiger partial charge in [-0.3, -0.25) is 0 Å². The fourth-order valence-corrected chi connectivity index (χ4v) is 10.5. The van der Waals surface area contributed by atoms with Crippen LogP contribution in [0.1, 0.15) is 22.8 Å². The summed E-state index contributed by atoms with van der Waals surface area (Å²) in [6.07, 6.45) is -22.6. The van der Waals surface area contributed by atoms with Crippen molar-refractivity contribution in [3.05, 3.63) is 47.6 Å². The maximum atomic E-state index is 10.3. The third kappa shape index (κ3) is 24.7. The van der Waals surface area contributed by atoms with Gasteiger partial charge >= 0.3 is 0 Å². The summed E-state index contributed by atoms with van der Waals surface area (Å²) in [7, 11) is 0. The summed E-state index contributed by atoms with van der Waals surface area (Å²) in [4.78, 5) is 0. The van der Waals surface area contributed by atoms with Gasteiger partial charge in [-0.1, -0.05) is 20.9 Å². The van der Waals surface area contributed by atoms with Gasteiger partial charge < -0.3 is 157 Å². The average molecular weight is 1460 g/mol. The topological polar surface area (TPSA) is 594 Å². The predicted molar refractivity (Wildman–Crippen MR) is 323 cm³/mol. The van der Waals surface area contributed by atoms with Crippen LogP contribution in [-0.4, -0.2) is 397 Å². The molecule has 101 heavy (non-hydrogen) atoms. The zero-order valence-corrected chi connectivity index (χ0v) is 55.2. The first kappa shape index (κ1) is 81.9. The SMILES string of the molecule is OC[C@H]1O[C@H](OCc2cn(CCOCCOCC(COCCOCCn3cc(CO[C@H]4O[C@H](CO)[C@@H](O)[C@H](O)[C@@H]4O)nn3)(COCCOCCn3cc(CO[C@@H]4O[C@H](CO)[C@@H](O)[C@H](O)[C@H]4O)nn3)COCCOCCn3cc(CO[C@@H]4O[C@H](CO)[C@@H](O)[C@H](O)[C@H]4O)nn3)nn2)[C@@H](O)[C@@H](O)[C@@H]1O. The fourth-order valence-electron chi connectivity index (χ4n) is 10.5. The highest BCUT2D eigenvalue weighted by Gasteiger charge is 2.48. The van der Waals surface area contributed by atoms with Crippen LogP contribution in [0, 0.1) is 5.41 Å². The molecule has 8 rings (SSSR count). The standard InChI is InChI=1S/C57H96N12O32/c70-21-37-41(74)45(78)49(82)53(98-37)94-25-33-17-66(62-58-33)1-5-86-9-13-90-29-57(30-91-14-10-87-6-2-67-18-34(59-63-67)26-95-54-50(83)46(79)42(75)38(22-71)99-54,31-92-15-11-88-7-3-68-19-35(60-64-68)27-96-55-51(84)47(80)43(76)39(23-72)100-55)32-93-16-12-89-8-4-69-20-36(61-65-69)28-97-56-52(85)48(81)44(77)40(24-73)101-56/h17-20,37-56,70-85H,1-16,21-32H2/t37-,38-,39-,40-,41-,42-,43-,44-,45+,46+,47+,48+,49-,50-,51+,52+,53-,54-,55+,56+/m1/s1. The van der Waals surface area contributed by atoms with E-state index >= 15 is 0 Å². The summed E-state index contributed by atoms with van der Waals surface area (Å²) < 4.78 is 98.3. The Kier molecular flexibility index (Phi) is 34.4. The second-order valence-corrected chi connectivity index (χ2v) is 24.1. The molecule has 4 aromatic heterocycles. The van der Waals surface area contributed by atoms with Crippen LogP contribution >= 0.6 is 0 Å². The van der Waals surface area contributed by atoms with Gasteiger partial charge in [-0.2, -0.15) is 0 Å². The lowest BCUT2D eigenvalue weighted by Gasteiger charge is -2.39. The van der Waals surface area contributed by atoms with E-state index in [1.54, 1.807) is 24.8 Å². The number of hydrogen-bond donors (Lipinski definition) is 16. The first-order valence-electron chi connectivity index (χ1n) is 32.7. The Morgan fingerprint density at radius 3 is 0.703 bits per heavy atom. The molecule has 576 valence electrons. The molecule has 8 heterocycles. The smallest absolute Gasteiger partial charge is 0.187 e. The third-order valence-corrected chi connectivity index (χ3v) is 16.3. The lowest BCUT2D eigenvalue weighted by atomic mass is 9.92. The number of aromatic nitrogens is 12. The molecule has 4 saturated heterocycles. The molecule has 0 aromatic carbocycles. The van der Waals surface area contributed by atoms with Crippen LogP contribution in [0.2, 0.25) is 0 Å². The van der Waals surface area contributed by atoms with Crippen molar-refractivity contribution in [2.75, 3.05) is 132 Å². The first-order chi connectivity index (χ1) is 48.8. The molecule has 0 unspecified atom stereocenters. The second kappa shape index (κ2) is 42.4. The molecule has 4 aromatic rings. The highest BCUT2D eigenvalue weighted by molar-refractivity contribution is 4.97. The van der Waals surface area contributed by atoms with Gasteiger partial charge in [-0.15, -0.1) is 20.4 Å². The van der Waals surface area contributed by atoms with Crippen LogP contribution in [0.5, 0.6) is 0 Å². The minimum Gasteiger partial charge on any atom is -0.394 e. The highest BCUT2D eigenvalue weighted by atomic mass is 16.7. The Bertz CT molecular complexity index is 2510. The highest BCUT2D eigenvalue weighted by Crippen LogP contribution is 2.28. The average Bonchev–Trinajstić information content (AvgIpc) is 1.09. The summed E-state index contributed by atoms with van der Waals surface area (Å²) in [5, 5.41) is 193. The molecule has 4 fully saturated rings. The molecule has 44 heteroatoms. The van der Waals surface area contributed by atoms with Gasteiger partial charge in [0, 0.05) is 0 Å². The van der Waals surface area contributed by atoms with E-state index in [0.29, 0.717) is 22.8 Å². The number of nitrogens with zero attached hydrogens (tertiary/aromatic N) is 12. The Labute approximate surface area is 576 Å². The zero-order chi connectivity index (χ0) is 72.3. The molecule has 0 bridgehead atoms. The van der Waals surface area contributed by atoms with Crippen molar-refractivity contribution in [3.8, 4) is 0 Å². The minimum atomic E-state index is -1.61. The normalized spacial score (nSPS) is 30.4. The van der Waals surface area contributed by atoms with Gasteiger partial charge in [-0.25, -0.2) is 18.7 Å². The molecule has 44 nitrogen and oxygen atoms in total. The van der Waals surface area contributed by atoms with E-state index in [1.165, 1.54) is 18.7 Å². The van der Waals surface area contributed by atoms with Crippen LogP contribution < -0.4 is 0 Å². The molecule has 0 saturated carbocycles. The van der Waals surface area contributed by atoms with E-state index in [0.717, 1.165) is 0 Å². The number of aliphatic hydroxyl groups excluding tert-OH is 16. The van der Waals surface area contributed by atoms with E-state index in [2.05, 4.69) is 41.2 Å². The van der Waals surface area contributed by atoms with E-state index in [1.807, 2.05) is 0 Å². The van der Waals surface area contributed by atoms with Gasteiger partial charge in [0.05, 0.1) is 215 Å². The number of ether oxygens (including phenoxy) is 16. The lowest BCUT2D eigenvalue weighted by molar-refractivity contribution is -0.304. The van der Waals surface area contributed by atoms with Gasteiger partial charge in [-0.05, 0) is 0 Å². The predicted octanol–water partition coefficient (Wildman–Crippen LogP) is -11.5. The minimum absolute atomic E-state index is 0.0397. The van der Waals surface area contributed by atoms with E-state index in [-0.39, 0.29) is 158 Å². The van der Waals surface area contributed by atoms with Crippen LogP contribution in [0.25, 0.3) is 0 Å². The largest absolute Gasteiger partial charge is 0.394 e. The fraction of sp³-hybridized carbons (Fsp3) is 0.860. The quantitative estimate of drug-likeness (QED) is 0.0183. The second-order valence-electron chi connectivity index (χ2n) is 24.1. The van der Waals surface area contributed by atoms with Gasteiger partial charge in [0.1, 0.15) is 120 Å². The first-order valence-corrected chi connectivity index (χ1v) is 32.7. The summed E-state index contributed by atoms with van der Waals surface area (Å²) in [5.74, 6) is 0. The maximum Gasteiger partial charge on any atom is 0.187 e. The molecule has 20 atom stereocenters. The van der Waals surface area contributed by atoms with Crippen molar-refractivity contribution >= 4 is 0 Å². The van der Waals surface area contributed by atoms with Crippen molar-refractivity contribution < 1.29 is 157 Å². The van der Waals surface area contributed by atoms with E-state index in [4.69, 9.17) is 75.8 Å². The van der Waals surface area contributed by atoms with Crippen LogP contribution in [0.3, 0.4) is 0 Å². The third-order valence-electron chi connectivity index (χ3n) is 16.3. The van der Waals surface area contributed by atoms with Crippen molar-refractivity contribution in [1.29, 1.82) is 0 Å². The Morgan fingerprint density at radius 1 is 0.287 bits per heavy atom. The zero-order valence-electron chi connectivity index (χ0n) is 55.2. The van der Waals surface area contributed by atoms with Crippen molar-refractivity contribution in [2.45, 2.75) is 175 Å². The Hall–Kier alpha value is -4.72. The number of hydrogen-bond acceptors (Lipinski definition) is 40. The summed E-state index contributed by atoms with van der Waals surface area (Å²) in [6.45, 7) is -0.122. The molecule has 16 N–H and O–H groups in total. The Morgan fingerprint density at radius 2 is 0.495 bits per heavy atom. The number of aliphatic hydroxyl groups is 16. The molecular weight excluding hydrogens is 1360 g/mol. The summed E-state index contributed by atoms with van der Waals surface area (Å²) in [6, 6.07) is 0. The van der Waals surface area contributed by atoms with Crippen molar-refractivity contribution in [3.63, 3.8) is 0 Å². The molecule has 4 aliphatic rings. The van der Waals surface area contributed by atoms with E-state index < -0.39 is 155 Å². The van der Waals surface area contributed by atoms with Crippen LogP contribution in [-0.2, 0) is 128 Å². The van der Waals surface area contributed by atoms with E-state index in [9.17, 15) is 81.7 Å². The molecule has 0 spiro atoms. The van der Waals surface area contributed by atoms with Gasteiger partial charge in [0.15, 0.2) is 25.2 Å². The molecule has 0 aliphatic carbocycles. The van der Waals surface area contributed by atoms with Gasteiger partial charge in [0.2, 0.25) is 0 Å². The lowest BCUT2D eigenvalue weighted by Crippen LogP contribution is -2.59. The molecule has 0 radical (unpaired) electrons. The van der Waals surface area contributed by atoms with Crippen LogP contribution in [0.15, 0.2) is 24.8 Å². The molecule has 0 amide bonds. The monoisotopic (exact) mass is 1460 g/mol.